The molecule has 1 atom stereocenters. The van der Waals surface area contributed by atoms with Crippen molar-refractivity contribution in [2.24, 2.45) is 0 Å². The minimum absolute atomic E-state index is 0.00365. The van der Waals surface area contributed by atoms with Crippen LogP contribution in [0.4, 0.5) is 9.80 Å². The Labute approximate surface area is 113 Å². The SMILES string of the molecule is CCOC(=O)C(C)NC(=O)Nc1sccc1C(=O)O. The molecule has 0 spiro atoms. The number of hydrogen-bond acceptors (Lipinski definition) is 5. The van der Waals surface area contributed by atoms with Crippen molar-refractivity contribution in [3.05, 3.63) is 17.0 Å². The third-order valence-corrected chi connectivity index (χ3v) is 2.94. The number of nitrogens with one attached hydrogen (secondary N) is 2. The van der Waals surface area contributed by atoms with Crippen LogP contribution in [-0.4, -0.2) is 35.7 Å². The second-order valence-electron chi connectivity index (χ2n) is 3.54. The molecule has 1 aromatic heterocycles. The molecule has 0 aliphatic heterocycles. The number of hydrogen-bond donors (Lipinski definition) is 3. The lowest BCUT2D eigenvalue weighted by atomic mass is 10.3. The molecule has 1 heterocycles. The molecule has 1 aromatic rings. The lowest BCUT2D eigenvalue weighted by Crippen LogP contribution is -2.41. The Hall–Kier alpha value is -2.09. The first-order valence-electron chi connectivity index (χ1n) is 5.50. The van der Waals surface area contributed by atoms with Gasteiger partial charge in [-0.15, -0.1) is 11.3 Å². The summed E-state index contributed by atoms with van der Waals surface area (Å²) >= 11 is 1.08. The van der Waals surface area contributed by atoms with Crippen molar-refractivity contribution in [3.63, 3.8) is 0 Å². The molecule has 0 aliphatic carbocycles. The van der Waals surface area contributed by atoms with Gasteiger partial charge in [-0.25, -0.2) is 14.4 Å². The quantitative estimate of drug-likeness (QED) is 0.712. The summed E-state index contributed by atoms with van der Waals surface area (Å²) in [5.74, 6) is -1.68. The zero-order valence-electron chi connectivity index (χ0n) is 10.4. The molecule has 8 heteroatoms. The number of aromatic carboxylic acids is 1. The number of rotatable bonds is 5. The predicted octanol–water partition coefficient (Wildman–Crippen LogP) is 1.52. The summed E-state index contributed by atoms with van der Waals surface area (Å²) in [5, 5.41) is 15.4. The lowest BCUT2D eigenvalue weighted by molar-refractivity contribution is -0.144. The number of thiophene rings is 1. The van der Waals surface area contributed by atoms with E-state index in [-0.39, 0.29) is 17.2 Å². The van der Waals surface area contributed by atoms with Crippen LogP contribution in [0.1, 0.15) is 24.2 Å². The smallest absolute Gasteiger partial charge is 0.338 e. The first-order chi connectivity index (χ1) is 8.95. The van der Waals surface area contributed by atoms with Crippen molar-refractivity contribution in [3.8, 4) is 0 Å². The summed E-state index contributed by atoms with van der Waals surface area (Å²) in [7, 11) is 0. The van der Waals surface area contributed by atoms with E-state index in [0.717, 1.165) is 11.3 Å². The number of amides is 2. The minimum Gasteiger partial charge on any atom is -0.478 e. The summed E-state index contributed by atoms with van der Waals surface area (Å²) in [5.41, 5.74) is 0.00365. The van der Waals surface area contributed by atoms with Crippen molar-refractivity contribution in [2.75, 3.05) is 11.9 Å². The Bertz CT molecular complexity index is 485. The van der Waals surface area contributed by atoms with Crippen LogP contribution in [0.5, 0.6) is 0 Å². The van der Waals surface area contributed by atoms with Crippen LogP contribution in [0.3, 0.4) is 0 Å². The van der Waals surface area contributed by atoms with Crippen LogP contribution in [0, 0.1) is 0 Å². The molecule has 2 amide bonds. The van der Waals surface area contributed by atoms with Gasteiger partial charge in [0.25, 0.3) is 0 Å². The third kappa shape index (κ3) is 4.25. The third-order valence-electron chi connectivity index (χ3n) is 2.11. The van der Waals surface area contributed by atoms with Gasteiger partial charge in [0.05, 0.1) is 12.2 Å². The van der Waals surface area contributed by atoms with Gasteiger partial charge < -0.3 is 15.2 Å². The highest BCUT2D eigenvalue weighted by Crippen LogP contribution is 2.22. The summed E-state index contributed by atoms with van der Waals surface area (Å²) in [6, 6.07) is -0.0871. The number of carboxylic acid groups (broad SMARTS) is 1. The van der Waals surface area contributed by atoms with Gasteiger partial charge >= 0.3 is 18.0 Å². The van der Waals surface area contributed by atoms with Crippen LogP contribution in [0.15, 0.2) is 11.4 Å². The molecule has 0 radical (unpaired) electrons. The number of ether oxygens (including phenoxy) is 1. The van der Waals surface area contributed by atoms with E-state index in [9.17, 15) is 14.4 Å². The van der Waals surface area contributed by atoms with E-state index >= 15 is 0 Å². The molecule has 1 rings (SSSR count). The average Bonchev–Trinajstić information content (AvgIpc) is 2.77. The highest BCUT2D eigenvalue weighted by molar-refractivity contribution is 7.14. The molecule has 1 unspecified atom stereocenters. The molecule has 0 saturated heterocycles. The summed E-state index contributed by atoms with van der Waals surface area (Å²) in [4.78, 5) is 33.7. The van der Waals surface area contributed by atoms with E-state index in [0.29, 0.717) is 0 Å². The molecular weight excluding hydrogens is 272 g/mol. The van der Waals surface area contributed by atoms with Crippen molar-refractivity contribution in [2.45, 2.75) is 19.9 Å². The lowest BCUT2D eigenvalue weighted by Gasteiger charge is -2.13. The molecule has 104 valence electrons. The normalized spacial score (nSPS) is 11.5. The van der Waals surface area contributed by atoms with Crippen LogP contribution < -0.4 is 10.6 Å². The van der Waals surface area contributed by atoms with E-state index < -0.39 is 24.0 Å². The maximum absolute atomic E-state index is 11.6. The van der Waals surface area contributed by atoms with Crippen LogP contribution in [0.25, 0.3) is 0 Å². The van der Waals surface area contributed by atoms with Crippen LogP contribution in [-0.2, 0) is 9.53 Å². The van der Waals surface area contributed by atoms with Gasteiger partial charge in [-0.3, -0.25) is 5.32 Å². The fraction of sp³-hybridized carbons (Fsp3) is 0.364. The predicted molar refractivity (Wildman–Crippen MR) is 69.5 cm³/mol. The Morgan fingerprint density at radius 2 is 2.16 bits per heavy atom. The van der Waals surface area contributed by atoms with Gasteiger partial charge in [0, 0.05) is 0 Å². The molecule has 0 bridgehead atoms. The highest BCUT2D eigenvalue weighted by atomic mass is 32.1. The summed E-state index contributed by atoms with van der Waals surface area (Å²) in [6.07, 6.45) is 0. The molecule has 0 aromatic carbocycles. The monoisotopic (exact) mass is 286 g/mol. The number of anilines is 1. The first kappa shape index (κ1) is 15.0. The summed E-state index contributed by atoms with van der Waals surface area (Å²) in [6.45, 7) is 3.36. The van der Waals surface area contributed by atoms with Gasteiger partial charge in [-0.05, 0) is 25.3 Å². The topological polar surface area (TPSA) is 105 Å². The standard InChI is InChI=1S/C11H14N2O5S/c1-3-18-10(16)6(2)12-11(17)13-8-7(9(14)15)4-5-19-8/h4-6H,3H2,1-2H3,(H,14,15)(H2,12,13,17). The van der Waals surface area contributed by atoms with Gasteiger partial charge in [0.1, 0.15) is 11.0 Å². The van der Waals surface area contributed by atoms with E-state index in [4.69, 9.17) is 9.84 Å². The van der Waals surface area contributed by atoms with Gasteiger partial charge in [0.2, 0.25) is 0 Å². The number of urea groups is 1. The molecule has 0 fully saturated rings. The molecule has 0 saturated carbocycles. The maximum atomic E-state index is 11.6. The van der Waals surface area contributed by atoms with E-state index in [2.05, 4.69) is 10.6 Å². The zero-order chi connectivity index (χ0) is 14.4. The fourth-order valence-corrected chi connectivity index (χ4v) is 2.01. The maximum Gasteiger partial charge on any atom is 0.338 e. The fourth-order valence-electron chi connectivity index (χ4n) is 1.24. The zero-order valence-corrected chi connectivity index (χ0v) is 11.2. The molecule has 7 nitrogen and oxygen atoms in total. The van der Waals surface area contributed by atoms with Crippen LogP contribution in [0.2, 0.25) is 0 Å². The highest BCUT2D eigenvalue weighted by Gasteiger charge is 2.18. The Kier molecular flexibility index (Phi) is 5.31. The van der Waals surface area contributed by atoms with E-state index in [1.165, 1.54) is 13.0 Å². The van der Waals surface area contributed by atoms with Gasteiger partial charge in [-0.2, -0.15) is 0 Å². The largest absolute Gasteiger partial charge is 0.478 e. The average molecular weight is 286 g/mol. The number of esters is 1. The Morgan fingerprint density at radius 1 is 1.47 bits per heavy atom. The van der Waals surface area contributed by atoms with Crippen molar-refractivity contribution in [1.82, 2.24) is 5.32 Å². The van der Waals surface area contributed by atoms with Gasteiger partial charge in [0.15, 0.2) is 0 Å². The Morgan fingerprint density at radius 3 is 2.74 bits per heavy atom. The second kappa shape index (κ2) is 6.74. The van der Waals surface area contributed by atoms with Crippen molar-refractivity contribution >= 4 is 34.3 Å². The number of carbonyl (C=O) groups is 3. The molecule has 0 aliphatic rings. The molecule has 3 N–H and O–H groups in total. The van der Waals surface area contributed by atoms with Crippen molar-refractivity contribution in [1.29, 1.82) is 0 Å². The Balaban J connectivity index is 2.58. The summed E-state index contributed by atoms with van der Waals surface area (Å²) < 4.78 is 4.73. The molecular formula is C11H14N2O5S. The van der Waals surface area contributed by atoms with Gasteiger partial charge in [-0.1, -0.05) is 0 Å². The van der Waals surface area contributed by atoms with E-state index in [1.54, 1.807) is 12.3 Å². The second-order valence-corrected chi connectivity index (χ2v) is 4.46. The minimum atomic E-state index is -1.13. The number of carbonyl (C=O) groups excluding carboxylic acids is 2. The van der Waals surface area contributed by atoms with Crippen molar-refractivity contribution < 1.29 is 24.2 Å². The van der Waals surface area contributed by atoms with Crippen LogP contribution >= 0.6 is 11.3 Å². The van der Waals surface area contributed by atoms with E-state index in [1.807, 2.05) is 0 Å². The number of carboxylic acids is 1. The molecule has 19 heavy (non-hydrogen) atoms. The first-order valence-corrected chi connectivity index (χ1v) is 6.38.